The van der Waals surface area contributed by atoms with Gasteiger partial charge >= 0.3 is 0 Å². The van der Waals surface area contributed by atoms with Crippen molar-refractivity contribution >= 4 is 22.6 Å². The largest absolute Gasteiger partial charge is 0.294 e. The Morgan fingerprint density at radius 1 is 1.30 bits per heavy atom. The van der Waals surface area contributed by atoms with Crippen molar-refractivity contribution in [1.82, 2.24) is 19.3 Å². The van der Waals surface area contributed by atoms with Gasteiger partial charge in [0, 0.05) is 5.02 Å². The molecular formula is C16H16ClFN4O. The fourth-order valence-corrected chi connectivity index (χ4v) is 2.61. The lowest BCUT2D eigenvalue weighted by Gasteiger charge is -2.19. The van der Waals surface area contributed by atoms with Gasteiger partial charge in [-0.25, -0.2) is 14.1 Å². The van der Waals surface area contributed by atoms with Gasteiger partial charge in [-0.2, -0.15) is 5.10 Å². The van der Waals surface area contributed by atoms with Crippen LogP contribution in [0.15, 0.2) is 35.5 Å². The zero-order chi connectivity index (χ0) is 16.8. The molecule has 0 aliphatic rings. The van der Waals surface area contributed by atoms with Crippen LogP contribution in [-0.4, -0.2) is 19.3 Å². The molecule has 1 aromatic carbocycles. The number of nitrogens with zero attached hydrogens (tertiary/aromatic N) is 4. The lowest BCUT2D eigenvalue weighted by Crippen LogP contribution is -2.25. The van der Waals surface area contributed by atoms with Crippen molar-refractivity contribution in [1.29, 1.82) is 0 Å². The van der Waals surface area contributed by atoms with Crippen LogP contribution in [0, 0.1) is 5.82 Å². The van der Waals surface area contributed by atoms with Gasteiger partial charge in [-0.15, -0.1) is 0 Å². The van der Waals surface area contributed by atoms with Gasteiger partial charge in [-0.1, -0.05) is 17.7 Å². The summed E-state index contributed by atoms with van der Waals surface area (Å²) in [7, 11) is 0. The van der Waals surface area contributed by atoms with Gasteiger partial charge in [0.05, 0.1) is 18.3 Å². The molecule has 0 saturated heterocycles. The summed E-state index contributed by atoms with van der Waals surface area (Å²) in [5, 5.41) is 4.99. The molecule has 3 rings (SSSR count). The average molecular weight is 335 g/mol. The van der Waals surface area contributed by atoms with Crippen molar-refractivity contribution in [2.24, 2.45) is 0 Å². The van der Waals surface area contributed by atoms with Crippen molar-refractivity contribution in [3.63, 3.8) is 0 Å². The summed E-state index contributed by atoms with van der Waals surface area (Å²) in [6.45, 7) is 6.20. The molecule has 2 heterocycles. The maximum Gasteiger partial charge on any atom is 0.264 e. The standard InChI is InChI=1S/C16H16ClFN4O/c1-16(2,3)22-14-12(7-20-22)15(23)21(9-19-14)8-10-4-5-11(18)6-13(10)17/h4-7,9H,8H2,1-3H3. The lowest BCUT2D eigenvalue weighted by molar-refractivity contribution is 0.365. The van der Waals surface area contributed by atoms with Gasteiger partial charge in [0.1, 0.15) is 17.5 Å². The first-order valence-electron chi connectivity index (χ1n) is 7.15. The van der Waals surface area contributed by atoms with Gasteiger partial charge in [0.15, 0.2) is 5.65 Å². The molecule has 0 aliphatic heterocycles. The highest BCUT2D eigenvalue weighted by molar-refractivity contribution is 6.31. The molecule has 0 saturated carbocycles. The third kappa shape index (κ3) is 2.86. The molecule has 2 aromatic heterocycles. The second kappa shape index (κ2) is 5.45. The van der Waals surface area contributed by atoms with Crippen molar-refractivity contribution in [2.45, 2.75) is 32.9 Å². The molecule has 3 aromatic rings. The van der Waals surface area contributed by atoms with Crippen LogP contribution in [0.2, 0.25) is 5.02 Å². The van der Waals surface area contributed by atoms with E-state index in [1.807, 2.05) is 20.8 Å². The average Bonchev–Trinajstić information content (AvgIpc) is 2.89. The Morgan fingerprint density at radius 2 is 2.04 bits per heavy atom. The number of aromatic nitrogens is 4. The fourth-order valence-electron chi connectivity index (χ4n) is 2.39. The molecule has 23 heavy (non-hydrogen) atoms. The topological polar surface area (TPSA) is 52.7 Å². The zero-order valence-corrected chi connectivity index (χ0v) is 13.8. The Morgan fingerprint density at radius 3 is 2.70 bits per heavy atom. The Bertz CT molecular complexity index is 939. The van der Waals surface area contributed by atoms with Crippen molar-refractivity contribution in [3.8, 4) is 0 Å². The Balaban J connectivity index is 2.07. The zero-order valence-electron chi connectivity index (χ0n) is 13.0. The van der Waals surface area contributed by atoms with Crippen LogP contribution in [0.3, 0.4) is 0 Å². The van der Waals surface area contributed by atoms with Crippen LogP contribution < -0.4 is 5.56 Å². The number of hydrogen-bond donors (Lipinski definition) is 0. The quantitative estimate of drug-likeness (QED) is 0.723. The molecule has 0 radical (unpaired) electrons. The highest BCUT2D eigenvalue weighted by atomic mass is 35.5. The van der Waals surface area contributed by atoms with E-state index < -0.39 is 5.82 Å². The summed E-state index contributed by atoms with van der Waals surface area (Å²) in [4.78, 5) is 17.0. The van der Waals surface area contributed by atoms with E-state index >= 15 is 0 Å². The minimum Gasteiger partial charge on any atom is -0.294 e. The SMILES string of the molecule is CC(C)(C)n1ncc2c(=O)n(Cc3ccc(F)cc3Cl)cnc21. The first kappa shape index (κ1) is 15.7. The van der Waals surface area contributed by atoms with Gasteiger partial charge in [-0.3, -0.25) is 9.36 Å². The van der Waals surface area contributed by atoms with Gasteiger partial charge < -0.3 is 0 Å². The number of rotatable bonds is 2. The first-order chi connectivity index (χ1) is 10.8. The maximum atomic E-state index is 13.1. The van der Waals surface area contributed by atoms with Crippen molar-refractivity contribution < 1.29 is 4.39 Å². The Kier molecular flexibility index (Phi) is 3.72. The van der Waals surface area contributed by atoms with E-state index in [1.165, 1.54) is 29.2 Å². The normalized spacial score (nSPS) is 12.0. The second-order valence-electron chi connectivity index (χ2n) is 6.38. The van der Waals surface area contributed by atoms with E-state index in [4.69, 9.17) is 11.6 Å². The Labute approximate surface area is 137 Å². The van der Waals surface area contributed by atoms with E-state index in [0.717, 1.165) is 0 Å². The van der Waals surface area contributed by atoms with Crippen LogP contribution in [0.1, 0.15) is 26.3 Å². The van der Waals surface area contributed by atoms with Crippen molar-refractivity contribution in [2.75, 3.05) is 0 Å². The maximum absolute atomic E-state index is 13.1. The van der Waals surface area contributed by atoms with Gasteiger partial charge in [-0.05, 0) is 38.5 Å². The lowest BCUT2D eigenvalue weighted by atomic mass is 10.1. The molecule has 0 fully saturated rings. The van der Waals surface area contributed by atoms with E-state index in [-0.39, 0.29) is 22.7 Å². The highest BCUT2D eigenvalue weighted by Gasteiger charge is 2.19. The molecule has 0 N–H and O–H groups in total. The minimum absolute atomic E-state index is 0.203. The first-order valence-corrected chi connectivity index (χ1v) is 7.53. The highest BCUT2D eigenvalue weighted by Crippen LogP contribution is 2.20. The summed E-state index contributed by atoms with van der Waals surface area (Å²) in [6.07, 6.45) is 2.99. The summed E-state index contributed by atoms with van der Waals surface area (Å²) in [5.74, 6) is -0.411. The molecule has 0 spiro atoms. The molecule has 5 nitrogen and oxygen atoms in total. The number of hydrogen-bond acceptors (Lipinski definition) is 3. The third-order valence-corrected chi connectivity index (χ3v) is 3.90. The molecule has 0 amide bonds. The summed E-state index contributed by atoms with van der Waals surface area (Å²) in [5.41, 5.74) is 0.725. The van der Waals surface area contributed by atoms with Crippen LogP contribution >= 0.6 is 11.6 Å². The summed E-state index contributed by atoms with van der Waals surface area (Å²) >= 11 is 6.02. The van der Waals surface area contributed by atoms with Crippen LogP contribution in [0.5, 0.6) is 0 Å². The number of benzene rings is 1. The predicted molar refractivity (Wildman–Crippen MR) is 87.3 cm³/mol. The molecule has 0 bridgehead atoms. The summed E-state index contributed by atoms with van der Waals surface area (Å²) in [6, 6.07) is 4.11. The predicted octanol–water partition coefficient (Wildman–Crippen LogP) is 3.19. The van der Waals surface area contributed by atoms with E-state index in [1.54, 1.807) is 10.7 Å². The van der Waals surface area contributed by atoms with E-state index in [0.29, 0.717) is 16.6 Å². The minimum atomic E-state index is -0.411. The second-order valence-corrected chi connectivity index (χ2v) is 6.79. The van der Waals surface area contributed by atoms with Gasteiger partial charge in [0.25, 0.3) is 5.56 Å². The molecule has 120 valence electrons. The molecule has 7 heteroatoms. The third-order valence-electron chi connectivity index (χ3n) is 3.55. The van der Waals surface area contributed by atoms with Crippen molar-refractivity contribution in [3.05, 3.63) is 57.5 Å². The molecule has 0 aliphatic carbocycles. The molecule has 0 unspecified atom stereocenters. The van der Waals surface area contributed by atoms with Crippen LogP contribution in [-0.2, 0) is 12.1 Å². The number of fused-ring (bicyclic) bond motifs is 1. The van der Waals surface area contributed by atoms with Crippen LogP contribution in [0.25, 0.3) is 11.0 Å². The fraction of sp³-hybridized carbons (Fsp3) is 0.312. The summed E-state index contributed by atoms with van der Waals surface area (Å²) < 4.78 is 16.3. The van der Waals surface area contributed by atoms with Gasteiger partial charge in [0.2, 0.25) is 0 Å². The Hall–Kier alpha value is -2.21. The molecular weight excluding hydrogens is 319 g/mol. The van der Waals surface area contributed by atoms with E-state index in [9.17, 15) is 9.18 Å². The van der Waals surface area contributed by atoms with E-state index in [2.05, 4.69) is 10.1 Å². The smallest absolute Gasteiger partial charge is 0.264 e. The molecule has 0 atom stereocenters. The monoisotopic (exact) mass is 334 g/mol. The number of halogens is 2. The van der Waals surface area contributed by atoms with Crippen LogP contribution in [0.4, 0.5) is 4.39 Å².